The van der Waals surface area contributed by atoms with E-state index in [1.165, 1.54) is 11.6 Å². The average Bonchev–Trinajstić information content (AvgIpc) is 3.00. The first-order valence-corrected chi connectivity index (χ1v) is 9.63. The van der Waals surface area contributed by atoms with E-state index in [-0.39, 0.29) is 23.9 Å². The molecule has 2 saturated heterocycles. The van der Waals surface area contributed by atoms with Crippen molar-refractivity contribution in [2.75, 3.05) is 18.0 Å². The molecule has 2 heterocycles. The maximum Gasteiger partial charge on any atom is 0.251 e. The van der Waals surface area contributed by atoms with E-state index >= 15 is 0 Å². The number of nitrogens with zero attached hydrogens (tertiary/aromatic N) is 2. The molecule has 2 aromatic rings. The topological polar surface area (TPSA) is 40.6 Å². The van der Waals surface area contributed by atoms with Gasteiger partial charge in [0.1, 0.15) is 0 Å². The van der Waals surface area contributed by atoms with Gasteiger partial charge < -0.3 is 0 Å². The van der Waals surface area contributed by atoms with Gasteiger partial charge in [-0.05, 0) is 56.0 Å². The SMILES string of the molecule is O=C1CC(N2CCC(Cc3ccccc3)CC2)C(=O)N1c1ccc(F)c(F)c1. The molecule has 0 aliphatic carbocycles. The Hall–Kier alpha value is -2.60. The zero-order valence-electron chi connectivity index (χ0n) is 15.5. The summed E-state index contributed by atoms with van der Waals surface area (Å²) < 4.78 is 26.7. The molecule has 2 aromatic carbocycles. The molecule has 1 atom stereocenters. The van der Waals surface area contributed by atoms with Crippen molar-refractivity contribution in [1.82, 2.24) is 4.90 Å². The Kier molecular flexibility index (Phi) is 5.22. The summed E-state index contributed by atoms with van der Waals surface area (Å²) in [6.07, 6.45) is 3.05. The first kappa shape index (κ1) is 18.7. The fourth-order valence-electron chi connectivity index (χ4n) is 4.21. The van der Waals surface area contributed by atoms with Gasteiger partial charge in [-0.1, -0.05) is 30.3 Å². The van der Waals surface area contributed by atoms with Gasteiger partial charge in [0.05, 0.1) is 18.2 Å². The van der Waals surface area contributed by atoms with E-state index in [9.17, 15) is 18.4 Å². The standard InChI is InChI=1S/C22H22F2N2O2/c23-18-7-6-17(13-19(18)24)26-21(27)14-20(22(26)28)25-10-8-16(9-11-25)12-15-4-2-1-3-5-15/h1-7,13,16,20H,8-12,14H2. The lowest BCUT2D eigenvalue weighted by atomic mass is 9.89. The fourth-order valence-corrected chi connectivity index (χ4v) is 4.21. The second kappa shape index (κ2) is 7.80. The normalized spacial score (nSPS) is 21.5. The number of rotatable bonds is 4. The van der Waals surface area contributed by atoms with Crippen LogP contribution in [-0.4, -0.2) is 35.8 Å². The maximum atomic E-state index is 13.5. The number of hydrogen-bond acceptors (Lipinski definition) is 3. The van der Waals surface area contributed by atoms with Crippen molar-refractivity contribution >= 4 is 17.5 Å². The first-order valence-electron chi connectivity index (χ1n) is 9.63. The van der Waals surface area contributed by atoms with Crippen molar-refractivity contribution < 1.29 is 18.4 Å². The lowest BCUT2D eigenvalue weighted by molar-refractivity contribution is -0.123. The number of imide groups is 1. The molecule has 146 valence electrons. The van der Waals surface area contributed by atoms with Crippen LogP contribution < -0.4 is 4.90 Å². The summed E-state index contributed by atoms with van der Waals surface area (Å²) >= 11 is 0. The second-order valence-corrected chi connectivity index (χ2v) is 7.55. The van der Waals surface area contributed by atoms with Crippen molar-refractivity contribution in [3.8, 4) is 0 Å². The highest BCUT2D eigenvalue weighted by Gasteiger charge is 2.43. The van der Waals surface area contributed by atoms with E-state index in [4.69, 9.17) is 0 Å². The number of anilines is 1. The zero-order chi connectivity index (χ0) is 19.7. The Morgan fingerprint density at radius 1 is 0.929 bits per heavy atom. The second-order valence-electron chi connectivity index (χ2n) is 7.55. The van der Waals surface area contributed by atoms with Crippen LogP contribution in [0, 0.1) is 17.6 Å². The van der Waals surface area contributed by atoms with Gasteiger partial charge in [0, 0.05) is 6.07 Å². The minimum Gasteiger partial charge on any atom is -0.292 e. The number of hydrogen-bond donors (Lipinski definition) is 0. The zero-order valence-corrected chi connectivity index (χ0v) is 15.5. The molecule has 2 fully saturated rings. The minimum atomic E-state index is -1.07. The maximum absolute atomic E-state index is 13.5. The molecule has 0 radical (unpaired) electrons. The Labute approximate surface area is 162 Å². The van der Waals surface area contributed by atoms with Crippen molar-refractivity contribution in [2.24, 2.45) is 5.92 Å². The summed E-state index contributed by atoms with van der Waals surface area (Å²) in [5.74, 6) is -2.22. The number of benzene rings is 2. The van der Waals surface area contributed by atoms with Crippen LogP contribution in [0.25, 0.3) is 0 Å². The van der Waals surface area contributed by atoms with Gasteiger partial charge in [0.2, 0.25) is 5.91 Å². The molecule has 28 heavy (non-hydrogen) atoms. The highest BCUT2D eigenvalue weighted by Crippen LogP contribution is 2.30. The third-order valence-electron chi connectivity index (χ3n) is 5.74. The monoisotopic (exact) mass is 384 g/mol. The summed E-state index contributed by atoms with van der Waals surface area (Å²) in [6, 6.07) is 12.9. The Morgan fingerprint density at radius 2 is 1.64 bits per heavy atom. The molecule has 0 spiro atoms. The van der Waals surface area contributed by atoms with E-state index in [1.54, 1.807) is 0 Å². The Bertz CT molecular complexity index is 879. The minimum absolute atomic E-state index is 0.0845. The molecule has 6 heteroatoms. The lowest BCUT2D eigenvalue weighted by Gasteiger charge is -2.34. The number of halogens is 2. The van der Waals surface area contributed by atoms with Crippen LogP contribution >= 0.6 is 0 Å². The van der Waals surface area contributed by atoms with Crippen LogP contribution in [0.3, 0.4) is 0 Å². The molecule has 2 amide bonds. The van der Waals surface area contributed by atoms with Crippen LogP contribution in [0.1, 0.15) is 24.8 Å². The summed E-state index contributed by atoms with van der Waals surface area (Å²) in [7, 11) is 0. The number of likely N-dealkylation sites (tertiary alicyclic amines) is 1. The van der Waals surface area contributed by atoms with Crippen LogP contribution in [0.15, 0.2) is 48.5 Å². The molecular weight excluding hydrogens is 362 g/mol. The van der Waals surface area contributed by atoms with Gasteiger partial charge in [-0.2, -0.15) is 0 Å². The molecule has 0 saturated carbocycles. The Balaban J connectivity index is 1.40. The van der Waals surface area contributed by atoms with Crippen molar-refractivity contribution in [1.29, 1.82) is 0 Å². The third kappa shape index (κ3) is 3.69. The summed E-state index contributed by atoms with van der Waals surface area (Å²) in [4.78, 5) is 28.3. The number of carbonyl (C=O) groups excluding carboxylic acids is 2. The van der Waals surface area contributed by atoms with Crippen LogP contribution in [-0.2, 0) is 16.0 Å². The predicted octanol–water partition coefficient (Wildman–Crippen LogP) is 3.55. The predicted molar refractivity (Wildman–Crippen MR) is 102 cm³/mol. The van der Waals surface area contributed by atoms with Crippen LogP contribution in [0.5, 0.6) is 0 Å². The van der Waals surface area contributed by atoms with E-state index in [0.717, 1.165) is 49.4 Å². The number of piperidine rings is 1. The molecule has 4 nitrogen and oxygen atoms in total. The molecular formula is C22H22F2N2O2. The van der Waals surface area contributed by atoms with E-state index in [1.807, 2.05) is 18.2 Å². The van der Waals surface area contributed by atoms with Crippen LogP contribution in [0.2, 0.25) is 0 Å². The van der Waals surface area contributed by atoms with Crippen molar-refractivity contribution in [3.63, 3.8) is 0 Å². The first-order chi connectivity index (χ1) is 13.5. The molecule has 2 aliphatic heterocycles. The summed E-state index contributed by atoms with van der Waals surface area (Å²) in [6.45, 7) is 1.51. The molecule has 0 bridgehead atoms. The van der Waals surface area contributed by atoms with Crippen LogP contribution in [0.4, 0.5) is 14.5 Å². The highest BCUT2D eigenvalue weighted by atomic mass is 19.2. The van der Waals surface area contributed by atoms with E-state index < -0.39 is 17.7 Å². The average molecular weight is 384 g/mol. The van der Waals surface area contributed by atoms with Gasteiger partial charge in [0.25, 0.3) is 5.91 Å². The quantitative estimate of drug-likeness (QED) is 0.757. The number of carbonyl (C=O) groups is 2. The van der Waals surface area contributed by atoms with Gasteiger partial charge in [-0.15, -0.1) is 0 Å². The molecule has 0 N–H and O–H groups in total. The van der Waals surface area contributed by atoms with Gasteiger partial charge >= 0.3 is 0 Å². The molecule has 4 rings (SSSR count). The summed E-state index contributed by atoms with van der Waals surface area (Å²) in [5.41, 5.74) is 1.41. The molecule has 2 aliphatic rings. The summed E-state index contributed by atoms with van der Waals surface area (Å²) in [5, 5.41) is 0. The van der Waals surface area contributed by atoms with E-state index in [0.29, 0.717) is 5.92 Å². The van der Waals surface area contributed by atoms with Gasteiger partial charge in [0.15, 0.2) is 11.6 Å². The highest BCUT2D eigenvalue weighted by molar-refractivity contribution is 6.22. The lowest BCUT2D eigenvalue weighted by Crippen LogP contribution is -2.46. The van der Waals surface area contributed by atoms with Gasteiger partial charge in [-0.3, -0.25) is 14.5 Å². The molecule has 0 aromatic heterocycles. The van der Waals surface area contributed by atoms with Gasteiger partial charge in [-0.25, -0.2) is 13.7 Å². The Morgan fingerprint density at radius 3 is 2.32 bits per heavy atom. The smallest absolute Gasteiger partial charge is 0.251 e. The van der Waals surface area contributed by atoms with Crippen molar-refractivity contribution in [2.45, 2.75) is 31.7 Å². The largest absolute Gasteiger partial charge is 0.292 e. The molecule has 1 unspecified atom stereocenters. The fraction of sp³-hybridized carbons (Fsp3) is 0.364. The third-order valence-corrected chi connectivity index (χ3v) is 5.74. The van der Waals surface area contributed by atoms with Crippen molar-refractivity contribution in [3.05, 3.63) is 65.7 Å². The van der Waals surface area contributed by atoms with E-state index in [2.05, 4.69) is 17.0 Å². The number of amides is 2.